The van der Waals surface area contributed by atoms with Crippen molar-refractivity contribution >= 4 is 38.5 Å². The Bertz CT molecular complexity index is 925. The fourth-order valence-corrected chi connectivity index (χ4v) is 3.61. The van der Waals surface area contributed by atoms with Crippen molar-refractivity contribution in [2.24, 2.45) is 0 Å². The molecule has 3 rings (SSSR count). The first kappa shape index (κ1) is 13.8. The van der Waals surface area contributed by atoms with Crippen LogP contribution in [0.15, 0.2) is 41.3 Å². The van der Waals surface area contributed by atoms with E-state index in [0.717, 1.165) is 23.9 Å². The molecule has 0 aliphatic heterocycles. The van der Waals surface area contributed by atoms with E-state index >= 15 is 0 Å². The van der Waals surface area contributed by atoms with Crippen LogP contribution in [0.25, 0.3) is 11.0 Å². The molecule has 0 saturated heterocycles. The lowest BCUT2D eigenvalue weighted by atomic mass is 10.3. The molecule has 0 aliphatic rings. The predicted octanol–water partition coefficient (Wildman–Crippen LogP) is 2.77. The second-order valence-corrected chi connectivity index (χ2v) is 6.30. The Morgan fingerprint density at radius 3 is 2.67 bits per heavy atom. The van der Waals surface area contributed by atoms with E-state index in [1.54, 1.807) is 6.07 Å². The Balaban J connectivity index is 2.06. The van der Waals surface area contributed by atoms with Gasteiger partial charge in [-0.25, -0.2) is 17.2 Å². The summed E-state index contributed by atoms with van der Waals surface area (Å²) in [5.74, 6) is -1.79. The zero-order chi connectivity index (χ0) is 15.0. The topological polar surface area (TPSA) is 72.0 Å². The van der Waals surface area contributed by atoms with E-state index in [0.29, 0.717) is 11.6 Å². The molecule has 0 unspecified atom stereocenters. The minimum atomic E-state index is -4.05. The van der Waals surface area contributed by atoms with E-state index in [9.17, 15) is 17.2 Å². The molecule has 1 heterocycles. The van der Waals surface area contributed by atoms with Gasteiger partial charge in [0, 0.05) is 6.07 Å². The summed E-state index contributed by atoms with van der Waals surface area (Å²) >= 11 is 0.879. The number of nitrogens with one attached hydrogen (secondary N) is 1. The zero-order valence-electron chi connectivity index (χ0n) is 10.2. The summed E-state index contributed by atoms with van der Waals surface area (Å²) in [5, 5.41) is 0. The molecule has 0 aliphatic carbocycles. The van der Waals surface area contributed by atoms with Gasteiger partial charge in [0.25, 0.3) is 10.0 Å². The standard InChI is InChI=1S/C12H7F2N3O2S2/c13-7-4-5-9(8(14)6-7)17-21(18,19)11-3-1-2-10-12(11)16-20-15-10/h1-6,17H. The molecule has 0 fully saturated rings. The summed E-state index contributed by atoms with van der Waals surface area (Å²) in [5.41, 5.74) is 0.302. The summed E-state index contributed by atoms with van der Waals surface area (Å²) in [7, 11) is -4.05. The van der Waals surface area contributed by atoms with Gasteiger partial charge in [-0.1, -0.05) is 6.07 Å². The van der Waals surface area contributed by atoms with Crippen molar-refractivity contribution in [2.75, 3.05) is 4.72 Å². The van der Waals surface area contributed by atoms with Gasteiger partial charge in [0.15, 0.2) is 0 Å². The van der Waals surface area contributed by atoms with Crippen molar-refractivity contribution < 1.29 is 17.2 Å². The molecule has 1 N–H and O–H groups in total. The summed E-state index contributed by atoms with van der Waals surface area (Å²) in [6.07, 6.45) is 0. The van der Waals surface area contributed by atoms with Crippen LogP contribution in [0, 0.1) is 11.6 Å². The molecule has 0 atom stereocenters. The van der Waals surface area contributed by atoms with Crippen LogP contribution >= 0.6 is 11.7 Å². The first-order chi connectivity index (χ1) is 9.97. The van der Waals surface area contributed by atoms with E-state index in [1.165, 1.54) is 12.1 Å². The number of sulfonamides is 1. The lowest BCUT2D eigenvalue weighted by molar-refractivity contribution is 0.583. The average molecular weight is 327 g/mol. The van der Waals surface area contributed by atoms with Gasteiger partial charge in [0.05, 0.1) is 17.4 Å². The fraction of sp³-hybridized carbons (Fsp3) is 0. The second-order valence-electron chi connectivity index (χ2n) is 4.12. The fourth-order valence-electron chi connectivity index (χ4n) is 1.77. The zero-order valence-corrected chi connectivity index (χ0v) is 11.9. The smallest absolute Gasteiger partial charge is 0.264 e. The molecular formula is C12H7F2N3O2S2. The monoisotopic (exact) mass is 327 g/mol. The van der Waals surface area contributed by atoms with Crippen LogP contribution in [-0.4, -0.2) is 17.2 Å². The quantitative estimate of drug-likeness (QED) is 0.803. The molecule has 3 aromatic rings. The number of nitrogens with zero attached hydrogens (tertiary/aromatic N) is 2. The highest BCUT2D eigenvalue weighted by molar-refractivity contribution is 7.93. The van der Waals surface area contributed by atoms with Gasteiger partial charge in [-0.3, -0.25) is 4.72 Å². The van der Waals surface area contributed by atoms with E-state index < -0.39 is 21.7 Å². The summed E-state index contributed by atoms with van der Waals surface area (Å²) in [4.78, 5) is -0.113. The molecule has 2 aromatic carbocycles. The van der Waals surface area contributed by atoms with Crippen LogP contribution in [0.3, 0.4) is 0 Å². The highest BCUT2D eigenvalue weighted by Crippen LogP contribution is 2.24. The van der Waals surface area contributed by atoms with Crippen molar-refractivity contribution in [3.8, 4) is 0 Å². The van der Waals surface area contributed by atoms with Gasteiger partial charge in [-0.15, -0.1) is 0 Å². The maximum Gasteiger partial charge on any atom is 0.264 e. The van der Waals surface area contributed by atoms with E-state index in [2.05, 4.69) is 13.5 Å². The summed E-state index contributed by atoms with van der Waals surface area (Å²) < 4.78 is 61.0. The molecule has 108 valence electrons. The molecule has 9 heteroatoms. The molecule has 0 saturated carbocycles. The van der Waals surface area contributed by atoms with Crippen molar-refractivity contribution in [3.63, 3.8) is 0 Å². The summed E-state index contributed by atoms with van der Waals surface area (Å²) in [6.45, 7) is 0. The molecule has 0 amide bonds. The van der Waals surface area contributed by atoms with Crippen LogP contribution in [0.2, 0.25) is 0 Å². The third-order valence-electron chi connectivity index (χ3n) is 2.71. The number of hydrogen-bond acceptors (Lipinski definition) is 5. The Morgan fingerprint density at radius 1 is 1.10 bits per heavy atom. The highest BCUT2D eigenvalue weighted by Gasteiger charge is 2.21. The van der Waals surface area contributed by atoms with Crippen LogP contribution in [0.4, 0.5) is 14.5 Å². The molecule has 1 aromatic heterocycles. The lowest BCUT2D eigenvalue weighted by Crippen LogP contribution is -2.14. The minimum Gasteiger partial charge on any atom is -0.277 e. The third kappa shape index (κ3) is 2.57. The Morgan fingerprint density at radius 2 is 1.90 bits per heavy atom. The van der Waals surface area contributed by atoms with Gasteiger partial charge >= 0.3 is 0 Å². The van der Waals surface area contributed by atoms with Gasteiger partial charge in [-0.05, 0) is 24.3 Å². The molecule has 0 bridgehead atoms. The molecule has 5 nitrogen and oxygen atoms in total. The molecule has 0 spiro atoms. The normalized spacial score (nSPS) is 11.7. The van der Waals surface area contributed by atoms with Gasteiger partial charge in [0.1, 0.15) is 27.6 Å². The maximum absolute atomic E-state index is 13.6. The number of fused-ring (bicyclic) bond motifs is 1. The van der Waals surface area contributed by atoms with Gasteiger partial charge in [-0.2, -0.15) is 8.75 Å². The minimum absolute atomic E-state index is 0.113. The van der Waals surface area contributed by atoms with Crippen molar-refractivity contribution in [1.29, 1.82) is 0 Å². The van der Waals surface area contributed by atoms with Crippen molar-refractivity contribution in [2.45, 2.75) is 4.90 Å². The summed E-state index contributed by atoms with van der Waals surface area (Å²) in [6, 6.07) is 7.06. The predicted molar refractivity (Wildman–Crippen MR) is 74.6 cm³/mol. The number of hydrogen-bond donors (Lipinski definition) is 1. The van der Waals surface area contributed by atoms with Crippen LogP contribution in [0.5, 0.6) is 0 Å². The SMILES string of the molecule is O=S(=O)(Nc1ccc(F)cc1F)c1cccc2nsnc12. The average Bonchev–Trinajstić information content (AvgIpc) is 2.90. The largest absolute Gasteiger partial charge is 0.277 e. The lowest BCUT2D eigenvalue weighted by Gasteiger charge is -2.09. The van der Waals surface area contributed by atoms with Crippen LogP contribution in [0.1, 0.15) is 0 Å². The Labute approximate surface area is 122 Å². The third-order valence-corrected chi connectivity index (χ3v) is 4.65. The van der Waals surface area contributed by atoms with Gasteiger partial charge in [0.2, 0.25) is 0 Å². The number of halogens is 2. The highest BCUT2D eigenvalue weighted by atomic mass is 32.2. The van der Waals surface area contributed by atoms with Crippen molar-refractivity contribution in [3.05, 3.63) is 48.0 Å². The van der Waals surface area contributed by atoms with Crippen LogP contribution in [-0.2, 0) is 10.0 Å². The maximum atomic E-state index is 13.6. The molecular weight excluding hydrogens is 320 g/mol. The number of anilines is 1. The van der Waals surface area contributed by atoms with E-state index in [1.807, 2.05) is 0 Å². The van der Waals surface area contributed by atoms with Crippen molar-refractivity contribution in [1.82, 2.24) is 8.75 Å². The number of aromatic nitrogens is 2. The molecule has 0 radical (unpaired) electrons. The Hall–Kier alpha value is -2.13. The van der Waals surface area contributed by atoms with Gasteiger partial charge < -0.3 is 0 Å². The Kier molecular flexibility index (Phi) is 3.30. The first-order valence-electron chi connectivity index (χ1n) is 5.66. The van der Waals surface area contributed by atoms with E-state index in [4.69, 9.17) is 0 Å². The van der Waals surface area contributed by atoms with E-state index in [-0.39, 0.29) is 16.1 Å². The van der Waals surface area contributed by atoms with Crippen LogP contribution < -0.4 is 4.72 Å². The number of rotatable bonds is 3. The first-order valence-corrected chi connectivity index (χ1v) is 7.88. The second kappa shape index (κ2) is 5.01. The number of benzene rings is 2. The molecule has 21 heavy (non-hydrogen) atoms.